The third-order valence-corrected chi connectivity index (χ3v) is 4.84. The van der Waals surface area contributed by atoms with Crippen molar-refractivity contribution in [2.24, 2.45) is 11.7 Å². The summed E-state index contributed by atoms with van der Waals surface area (Å²) < 4.78 is 0.534. The first-order valence-corrected chi connectivity index (χ1v) is 7.23. The standard InChI is InChI=1S/C13H11ClN2O3S/c14-9-7(17)4-3-6-8(11(15)18)13(20-10(6)9)16-12(19)5-1-2-5/h3-5,17H,1-2H2,(H2,15,18)(H,16,19). The minimum absolute atomic E-state index is 0.0183. The Hall–Kier alpha value is -1.79. The van der Waals surface area contributed by atoms with Crippen LogP contribution in [0.1, 0.15) is 23.2 Å². The summed E-state index contributed by atoms with van der Waals surface area (Å²) in [5.41, 5.74) is 5.63. The molecule has 2 amide bonds. The number of rotatable bonds is 3. The van der Waals surface area contributed by atoms with Gasteiger partial charge in [-0.2, -0.15) is 0 Å². The van der Waals surface area contributed by atoms with E-state index in [0.29, 0.717) is 15.1 Å². The van der Waals surface area contributed by atoms with Gasteiger partial charge in [-0.15, -0.1) is 11.3 Å². The largest absolute Gasteiger partial charge is 0.506 e. The predicted octanol–water partition coefficient (Wildman–Crippen LogP) is 2.71. The van der Waals surface area contributed by atoms with Crippen molar-refractivity contribution in [1.29, 1.82) is 0 Å². The Morgan fingerprint density at radius 2 is 2.10 bits per heavy atom. The summed E-state index contributed by atoms with van der Waals surface area (Å²) in [6.45, 7) is 0. The average molecular weight is 311 g/mol. The van der Waals surface area contributed by atoms with Crippen molar-refractivity contribution in [2.45, 2.75) is 12.8 Å². The van der Waals surface area contributed by atoms with Crippen molar-refractivity contribution < 1.29 is 14.7 Å². The summed E-state index contributed by atoms with van der Waals surface area (Å²) in [7, 11) is 0. The third-order valence-electron chi connectivity index (χ3n) is 3.21. The molecule has 1 fully saturated rings. The number of phenols is 1. The molecule has 3 rings (SSSR count). The second kappa shape index (κ2) is 4.64. The minimum Gasteiger partial charge on any atom is -0.506 e. The number of aromatic hydroxyl groups is 1. The number of nitrogens with two attached hydrogens (primary N) is 1. The molecule has 0 saturated heterocycles. The average Bonchev–Trinajstić information content (AvgIpc) is 3.16. The van der Waals surface area contributed by atoms with Crippen LogP contribution in [-0.4, -0.2) is 16.9 Å². The van der Waals surface area contributed by atoms with E-state index >= 15 is 0 Å². The van der Waals surface area contributed by atoms with Crippen LogP contribution >= 0.6 is 22.9 Å². The molecule has 1 heterocycles. The second-order valence-electron chi connectivity index (χ2n) is 4.71. The van der Waals surface area contributed by atoms with Gasteiger partial charge in [0.1, 0.15) is 15.8 Å². The van der Waals surface area contributed by atoms with E-state index in [1.165, 1.54) is 6.07 Å². The third kappa shape index (κ3) is 2.10. The predicted molar refractivity (Wildman–Crippen MR) is 78.4 cm³/mol. The Bertz CT molecular complexity index is 737. The van der Waals surface area contributed by atoms with E-state index in [1.807, 2.05) is 0 Å². The number of hydrogen-bond acceptors (Lipinski definition) is 4. The summed E-state index contributed by atoms with van der Waals surface area (Å²) in [6, 6.07) is 2.97. The molecule has 0 unspecified atom stereocenters. The van der Waals surface area contributed by atoms with E-state index < -0.39 is 5.91 Å². The topological polar surface area (TPSA) is 92.4 Å². The second-order valence-corrected chi connectivity index (χ2v) is 6.11. The van der Waals surface area contributed by atoms with Crippen LogP contribution in [0, 0.1) is 5.92 Å². The molecule has 0 spiro atoms. The van der Waals surface area contributed by atoms with Gasteiger partial charge in [-0.05, 0) is 25.0 Å². The monoisotopic (exact) mass is 310 g/mol. The first-order chi connectivity index (χ1) is 9.49. The van der Waals surface area contributed by atoms with Gasteiger partial charge in [0, 0.05) is 11.3 Å². The molecule has 4 N–H and O–H groups in total. The van der Waals surface area contributed by atoms with Crippen LogP contribution in [-0.2, 0) is 4.79 Å². The number of fused-ring (bicyclic) bond motifs is 1. The maximum atomic E-state index is 11.8. The Morgan fingerprint density at radius 3 is 2.70 bits per heavy atom. The highest BCUT2D eigenvalue weighted by atomic mass is 35.5. The molecular weight excluding hydrogens is 300 g/mol. The summed E-state index contributed by atoms with van der Waals surface area (Å²) in [6.07, 6.45) is 1.73. The quantitative estimate of drug-likeness (QED) is 0.813. The number of carbonyl (C=O) groups excluding carboxylic acids is 2. The lowest BCUT2D eigenvalue weighted by atomic mass is 10.1. The Kier molecular flexibility index (Phi) is 3.07. The highest BCUT2D eigenvalue weighted by Gasteiger charge is 2.31. The summed E-state index contributed by atoms with van der Waals surface area (Å²) >= 11 is 7.16. The number of nitrogens with one attached hydrogen (secondary N) is 1. The fourth-order valence-electron chi connectivity index (χ4n) is 2.01. The van der Waals surface area contributed by atoms with Crippen LogP contribution in [0.2, 0.25) is 5.02 Å². The molecule has 1 saturated carbocycles. The highest BCUT2D eigenvalue weighted by Crippen LogP contribution is 2.43. The van der Waals surface area contributed by atoms with Crippen molar-refractivity contribution in [3.8, 4) is 5.75 Å². The number of halogens is 1. The molecule has 2 aromatic rings. The van der Waals surface area contributed by atoms with Gasteiger partial charge in [0.2, 0.25) is 5.91 Å². The van der Waals surface area contributed by atoms with E-state index in [2.05, 4.69) is 5.32 Å². The van der Waals surface area contributed by atoms with E-state index in [9.17, 15) is 14.7 Å². The number of amides is 2. The van der Waals surface area contributed by atoms with E-state index in [0.717, 1.165) is 24.2 Å². The van der Waals surface area contributed by atoms with Gasteiger partial charge in [0.05, 0.1) is 10.3 Å². The maximum Gasteiger partial charge on any atom is 0.252 e. The lowest BCUT2D eigenvalue weighted by Crippen LogP contribution is -2.17. The van der Waals surface area contributed by atoms with Crippen LogP contribution in [0.5, 0.6) is 5.75 Å². The molecule has 1 aromatic carbocycles. The molecule has 0 aliphatic heterocycles. The molecule has 5 nitrogen and oxygen atoms in total. The molecule has 1 aliphatic rings. The fraction of sp³-hybridized carbons (Fsp3) is 0.231. The zero-order valence-electron chi connectivity index (χ0n) is 10.3. The van der Waals surface area contributed by atoms with Crippen molar-refractivity contribution in [2.75, 3.05) is 5.32 Å². The number of phenolic OH excluding ortho intramolecular Hbond substituents is 1. The molecule has 1 aliphatic carbocycles. The van der Waals surface area contributed by atoms with Crippen molar-refractivity contribution >= 4 is 49.8 Å². The molecule has 0 bridgehead atoms. The van der Waals surface area contributed by atoms with Crippen LogP contribution in [0.4, 0.5) is 5.00 Å². The molecule has 0 radical (unpaired) electrons. The van der Waals surface area contributed by atoms with Gasteiger partial charge in [0.25, 0.3) is 5.91 Å². The van der Waals surface area contributed by atoms with Crippen molar-refractivity contribution in [1.82, 2.24) is 0 Å². The lowest BCUT2D eigenvalue weighted by Gasteiger charge is -2.03. The zero-order chi connectivity index (χ0) is 14.4. The number of anilines is 1. The van der Waals surface area contributed by atoms with Gasteiger partial charge in [-0.3, -0.25) is 9.59 Å². The normalized spacial score (nSPS) is 14.4. The van der Waals surface area contributed by atoms with Gasteiger partial charge in [0.15, 0.2) is 0 Å². The number of thiophene rings is 1. The summed E-state index contributed by atoms with van der Waals surface area (Å²) in [4.78, 5) is 23.5. The van der Waals surface area contributed by atoms with E-state index in [-0.39, 0.29) is 28.2 Å². The number of carbonyl (C=O) groups is 2. The van der Waals surface area contributed by atoms with Crippen LogP contribution in [0.15, 0.2) is 12.1 Å². The maximum absolute atomic E-state index is 11.8. The Labute approximate surface area is 123 Å². The van der Waals surface area contributed by atoms with Crippen LogP contribution < -0.4 is 11.1 Å². The van der Waals surface area contributed by atoms with Gasteiger partial charge >= 0.3 is 0 Å². The Balaban J connectivity index is 2.14. The van der Waals surface area contributed by atoms with Crippen LogP contribution in [0.3, 0.4) is 0 Å². The summed E-state index contributed by atoms with van der Waals surface area (Å²) in [5, 5.41) is 13.4. The number of benzene rings is 1. The molecular formula is C13H11ClN2O3S. The van der Waals surface area contributed by atoms with Gasteiger partial charge in [-0.1, -0.05) is 11.6 Å². The van der Waals surface area contributed by atoms with Crippen molar-refractivity contribution in [3.63, 3.8) is 0 Å². The van der Waals surface area contributed by atoms with Gasteiger partial charge in [-0.25, -0.2) is 0 Å². The van der Waals surface area contributed by atoms with Crippen LogP contribution in [0.25, 0.3) is 10.1 Å². The molecule has 7 heteroatoms. The van der Waals surface area contributed by atoms with Gasteiger partial charge < -0.3 is 16.2 Å². The number of primary amides is 1. The lowest BCUT2D eigenvalue weighted by molar-refractivity contribution is -0.117. The van der Waals surface area contributed by atoms with E-state index in [1.54, 1.807) is 6.07 Å². The fourth-order valence-corrected chi connectivity index (χ4v) is 3.43. The molecule has 1 aromatic heterocycles. The highest BCUT2D eigenvalue weighted by molar-refractivity contribution is 7.24. The Morgan fingerprint density at radius 1 is 1.40 bits per heavy atom. The number of hydrogen-bond donors (Lipinski definition) is 3. The smallest absolute Gasteiger partial charge is 0.252 e. The van der Waals surface area contributed by atoms with Crippen molar-refractivity contribution in [3.05, 3.63) is 22.7 Å². The molecule has 104 valence electrons. The molecule has 20 heavy (non-hydrogen) atoms. The zero-order valence-corrected chi connectivity index (χ0v) is 11.8. The first-order valence-electron chi connectivity index (χ1n) is 6.03. The minimum atomic E-state index is -0.635. The first kappa shape index (κ1) is 13.2. The summed E-state index contributed by atoms with van der Waals surface area (Å²) in [5.74, 6) is -0.801. The molecule has 0 atom stereocenters. The SMILES string of the molecule is NC(=O)c1c(NC(=O)C2CC2)sc2c(Cl)c(O)ccc12. The van der Waals surface area contributed by atoms with E-state index in [4.69, 9.17) is 17.3 Å².